The Bertz CT molecular complexity index is 4590. The first-order valence-corrected chi connectivity index (χ1v) is 44.2. The fourth-order valence-electron chi connectivity index (χ4n) is 17.0. The Labute approximate surface area is 694 Å². The van der Waals surface area contributed by atoms with Gasteiger partial charge in [0.05, 0.1) is 58.3 Å². The lowest BCUT2D eigenvalue weighted by molar-refractivity contribution is 0.0706. The van der Waals surface area contributed by atoms with Crippen molar-refractivity contribution in [3.63, 3.8) is 0 Å². The first-order chi connectivity index (χ1) is 56.6. The number of imidazole rings is 3. The zero-order chi connectivity index (χ0) is 83.3. The summed E-state index contributed by atoms with van der Waals surface area (Å²) in [5, 5.41) is 10.8. The van der Waals surface area contributed by atoms with Crippen molar-refractivity contribution in [1.82, 2.24) is 74.0 Å². The van der Waals surface area contributed by atoms with Crippen LogP contribution in [0.5, 0.6) is 0 Å². The number of likely N-dealkylation sites (tertiary alicyclic amines) is 3. The Morgan fingerprint density at radius 2 is 0.778 bits per heavy atom. The molecule has 0 bridgehead atoms. The molecule has 0 radical (unpaired) electrons. The van der Waals surface area contributed by atoms with E-state index in [2.05, 4.69) is 154 Å². The highest BCUT2D eigenvalue weighted by Crippen LogP contribution is 2.28. The molecule has 117 heavy (non-hydrogen) atoms. The third kappa shape index (κ3) is 26.6. The van der Waals surface area contributed by atoms with Gasteiger partial charge in [-0.3, -0.25) is 14.4 Å². The largest absolute Gasteiger partial charge is 0.331 e. The van der Waals surface area contributed by atoms with E-state index in [0.717, 1.165) is 185 Å². The molecule has 6 aromatic carbocycles. The van der Waals surface area contributed by atoms with Crippen molar-refractivity contribution >= 4 is 50.8 Å². The number of nitrogens with zero attached hydrogens (tertiary/aromatic N) is 12. The van der Waals surface area contributed by atoms with Gasteiger partial charge in [0.2, 0.25) is 0 Å². The summed E-state index contributed by atoms with van der Waals surface area (Å²) in [6.07, 6.45) is 19.2. The van der Waals surface area contributed by atoms with Gasteiger partial charge in [-0.2, -0.15) is 0 Å². The van der Waals surface area contributed by atoms with Crippen molar-refractivity contribution in [3.05, 3.63) is 195 Å². The first-order valence-electron chi connectivity index (χ1n) is 44.2. The Kier molecular flexibility index (Phi) is 36.0. The van der Waals surface area contributed by atoms with E-state index in [1.165, 1.54) is 131 Å². The maximum Gasteiger partial charge on any atom is 0.257 e. The molecule has 3 saturated heterocycles. The minimum absolute atomic E-state index is 0.153. The number of aryl methyl sites for hydroxylation is 3. The molecular formula is C95H135F4N15O3. The predicted octanol–water partition coefficient (Wildman–Crippen LogP) is 18.6. The number of amides is 3. The molecule has 3 aliphatic heterocycles. The molecule has 0 saturated carbocycles. The number of hydrogen-bond acceptors (Lipinski definition) is 12. The Balaban J connectivity index is 0.000000185. The van der Waals surface area contributed by atoms with E-state index in [-0.39, 0.29) is 35.8 Å². The van der Waals surface area contributed by atoms with Gasteiger partial charge in [0.25, 0.3) is 17.7 Å². The third-order valence-corrected chi connectivity index (χ3v) is 23.0. The zero-order valence-electron chi connectivity index (χ0n) is 72.2. The second kappa shape index (κ2) is 46.3. The monoisotopic (exact) mass is 1610 g/mol. The maximum absolute atomic E-state index is 14.5. The van der Waals surface area contributed by atoms with Crippen LogP contribution in [0.2, 0.25) is 0 Å². The van der Waals surface area contributed by atoms with E-state index in [0.29, 0.717) is 55.9 Å². The highest BCUT2D eigenvalue weighted by molar-refractivity contribution is 5.96. The smallest absolute Gasteiger partial charge is 0.257 e. The van der Waals surface area contributed by atoms with Crippen LogP contribution in [-0.2, 0) is 58.9 Å². The summed E-state index contributed by atoms with van der Waals surface area (Å²) in [4.78, 5) is 67.9. The molecule has 3 atom stereocenters. The summed E-state index contributed by atoms with van der Waals surface area (Å²) >= 11 is 0. The highest BCUT2D eigenvalue weighted by Gasteiger charge is 2.28. The number of nitrogens with one attached hydrogen (secondary N) is 3. The van der Waals surface area contributed by atoms with Crippen LogP contribution in [0, 0.1) is 35.1 Å². The lowest BCUT2D eigenvalue weighted by Crippen LogP contribution is -2.38. The lowest BCUT2D eigenvalue weighted by Gasteiger charge is -2.33. The molecule has 6 heterocycles. The second-order valence-electron chi connectivity index (χ2n) is 33.8. The molecule has 3 N–H and O–H groups in total. The summed E-state index contributed by atoms with van der Waals surface area (Å²) in [5.74, 6) is -0.0556. The molecule has 18 nitrogen and oxygen atoms in total. The van der Waals surface area contributed by atoms with Crippen molar-refractivity contribution in [2.45, 2.75) is 256 Å². The number of halogens is 4. The Morgan fingerprint density at radius 3 is 1.13 bits per heavy atom. The van der Waals surface area contributed by atoms with Crippen molar-refractivity contribution < 1.29 is 31.9 Å². The fourth-order valence-corrected chi connectivity index (χ4v) is 17.0. The van der Waals surface area contributed by atoms with Gasteiger partial charge >= 0.3 is 0 Å². The minimum Gasteiger partial charge on any atom is -0.331 e. The maximum atomic E-state index is 14.5. The van der Waals surface area contributed by atoms with Gasteiger partial charge < -0.3 is 59.1 Å². The SMILES string of the molecule is CCCN(Cc1nc2cc(CNCCCN3CCCCC3C)ccc2n1CCC)C(=O)c1cccc(F)c1.CCCn1c(CN(CC(C)C)C(=O)c2cc(F)ccc2F)nc2cc(CNCCCN3CCCCC3C)ccc21.CCCn1c(CN(CC(C)C)C(=O)c2cccc(F)c2)nc2cc(CNCCCN3CCCCC3C)ccc21. The normalized spacial score (nSPS) is 16.3. The van der Waals surface area contributed by atoms with Gasteiger partial charge in [-0.15, -0.1) is 0 Å². The van der Waals surface area contributed by atoms with Crippen molar-refractivity contribution in [3.8, 4) is 0 Å². The van der Waals surface area contributed by atoms with Gasteiger partial charge in [-0.1, -0.05) is 105 Å². The number of rotatable bonds is 39. The van der Waals surface area contributed by atoms with Gasteiger partial charge in [0.15, 0.2) is 0 Å². The number of carbonyl (C=O) groups excluding carboxylic acids is 3. The highest BCUT2D eigenvalue weighted by atomic mass is 19.1. The molecule has 3 aromatic heterocycles. The molecule has 0 spiro atoms. The summed E-state index contributed by atoms with van der Waals surface area (Å²) in [7, 11) is 0. The third-order valence-electron chi connectivity index (χ3n) is 23.0. The number of carbonyl (C=O) groups is 3. The summed E-state index contributed by atoms with van der Waals surface area (Å²) in [5.41, 5.74) is 10.1. The van der Waals surface area contributed by atoms with Gasteiger partial charge in [0.1, 0.15) is 40.7 Å². The molecule has 3 unspecified atom stereocenters. The van der Waals surface area contributed by atoms with E-state index in [1.54, 1.807) is 39.0 Å². The summed E-state index contributed by atoms with van der Waals surface area (Å²) < 4.78 is 62.6. The van der Waals surface area contributed by atoms with Gasteiger partial charge in [0, 0.05) is 88.2 Å². The van der Waals surface area contributed by atoms with Crippen LogP contribution in [0.4, 0.5) is 17.6 Å². The van der Waals surface area contributed by atoms with Gasteiger partial charge in [-0.25, -0.2) is 32.5 Å². The van der Waals surface area contributed by atoms with Crippen LogP contribution in [0.1, 0.15) is 244 Å². The Morgan fingerprint density at radius 1 is 0.419 bits per heavy atom. The first kappa shape index (κ1) is 90.9. The van der Waals surface area contributed by atoms with Crippen LogP contribution in [0.15, 0.2) is 121 Å². The van der Waals surface area contributed by atoms with Crippen molar-refractivity contribution in [2.75, 3.05) is 78.5 Å². The minimum atomic E-state index is -0.718. The lowest BCUT2D eigenvalue weighted by atomic mass is 10.0. The molecule has 636 valence electrons. The van der Waals surface area contributed by atoms with Crippen LogP contribution in [0.25, 0.3) is 33.1 Å². The van der Waals surface area contributed by atoms with E-state index in [4.69, 9.17) is 15.0 Å². The van der Waals surface area contributed by atoms with E-state index < -0.39 is 29.2 Å². The molecule has 3 amide bonds. The van der Waals surface area contributed by atoms with Gasteiger partial charge in [-0.05, 0) is 283 Å². The number of hydrogen-bond donors (Lipinski definition) is 3. The second-order valence-corrected chi connectivity index (χ2v) is 33.8. The van der Waals surface area contributed by atoms with Crippen LogP contribution in [0.3, 0.4) is 0 Å². The standard InChI is InChI=1S/C32H45F2N5O.C32H46FN5O.C31H44FN5O/c1-5-15-39-30-13-10-25(20-35-14-8-17-37-16-7-6-9-24(37)4)18-29(30)36-31(39)22-38(21-23(2)3)32(40)27-19-26(33)11-12-28(27)34;1-5-16-38-30-14-13-26(21-34-15-9-18-36-17-7-6-10-25(36)4)19-29(30)35-31(38)23-37(22-24(2)3)32(39)27-11-8-12-28(33)20-27;1-4-16-36(31(38)26-11-8-12-27(32)21-26)23-30-34-28-20-25(13-14-29(28)37(30)17-5-2)22-33-15-9-19-35-18-7-6-10-24(35)3/h10-13,18-19,23-24,35H,5-9,14-17,20-22H2,1-4H3;8,11-14,19-20,24-25,34H,5-7,9-10,15-18,21-23H2,1-4H3;8,11-14,20-21,24,33H,4-7,9-10,15-19,22-23H2,1-3H3. The van der Waals surface area contributed by atoms with E-state index in [9.17, 15) is 31.9 Å². The summed E-state index contributed by atoms with van der Waals surface area (Å²) in [6, 6.07) is 36.4. The number of piperidine rings is 3. The molecular weight excluding hydrogens is 1480 g/mol. The number of benzene rings is 6. The molecule has 12 rings (SSSR count). The van der Waals surface area contributed by atoms with Crippen molar-refractivity contribution in [1.29, 1.82) is 0 Å². The number of fused-ring (bicyclic) bond motifs is 3. The van der Waals surface area contributed by atoms with Crippen LogP contribution >= 0.6 is 0 Å². The van der Waals surface area contributed by atoms with Crippen LogP contribution < -0.4 is 16.0 Å². The number of aromatic nitrogens is 6. The van der Waals surface area contributed by atoms with E-state index in [1.807, 2.05) is 20.8 Å². The quantitative estimate of drug-likeness (QED) is 0.0248. The Hall–Kier alpha value is -8.38. The van der Waals surface area contributed by atoms with Crippen molar-refractivity contribution in [2.24, 2.45) is 11.8 Å². The average Bonchev–Trinajstić information content (AvgIpc) is 1.66. The molecule has 3 fully saturated rings. The molecule has 0 aliphatic carbocycles. The average molecular weight is 1610 g/mol. The predicted molar refractivity (Wildman–Crippen MR) is 467 cm³/mol. The summed E-state index contributed by atoms with van der Waals surface area (Å²) in [6.45, 7) is 41.3. The topological polar surface area (TPSA) is 160 Å². The van der Waals surface area contributed by atoms with Crippen LogP contribution in [-0.4, -0.2) is 172 Å². The molecule has 22 heteroatoms. The fraction of sp³-hybridized carbons (Fsp3) is 0.558. The van der Waals surface area contributed by atoms with E-state index >= 15 is 0 Å². The zero-order valence-corrected chi connectivity index (χ0v) is 72.2. The molecule has 9 aromatic rings. The molecule has 3 aliphatic rings.